The third-order valence-corrected chi connectivity index (χ3v) is 7.25. The van der Waals surface area contributed by atoms with Gasteiger partial charge < -0.3 is 10.2 Å². The van der Waals surface area contributed by atoms with Crippen molar-refractivity contribution in [3.63, 3.8) is 0 Å². The van der Waals surface area contributed by atoms with Crippen LogP contribution in [0.25, 0.3) is 0 Å². The molecule has 4 rings (SSSR count). The van der Waals surface area contributed by atoms with Crippen LogP contribution in [0.3, 0.4) is 0 Å². The van der Waals surface area contributed by atoms with Crippen LogP contribution >= 0.6 is 35.1 Å². The van der Waals surface area contributed by atoms with Crippen molar-refractivity contribution in [2.24, 2.45) is 0 Å². The van der Waals surface area contributed by atoms with Crippen LogP contribution in [-0.4, -0.2) is 28.7 Å². The van der Waals surface area contributed by atoms with Crippen LogP contribution < -0.4 is 5.32 Å². The van der Waals surface area contributed by atoms with Gasteiger partial charge >= 0.3 is 0 Å². The van der Waals surface area contributed by atoms with Gasteiger partial charge in [-0.2, -0.15) is 0 Å². The smallest absolute Gasteiger partial charge is 0.255 e. The molecule has 31 heavy (non-hydrogen) atoms. The van der Waals surface area contributed by atoms with Gasteiger partial charge in [0.15, 0.2) is 0 Å². The molecule has 0 spiro atoms. The highest BCUT2D eigenvalue weighted by Crippen LogP contribution is 2.39. The molecule has 1 fully saturated rings. The second-order valence-corrected chi connectivity index (χ2v) is 9.50. The number of carbonyl (C=O) groups excluding carboxylic acids is 2. The fourth-order valence-corrected chi connectivity index (χ4v) is 5.16. The van der Waals surface area contributed by atoms with E-state index >= 15 is 0 Å². The first-order valence-corrected chi connectivity index (χ1v) is 12.4. The van der Waals surface area contributed by atoms with Gasteiger partial charge in [-0.05, 0) is 59.8 Å². The van der Waals surface area contributed by atoms with Gasteiger partial charge in [0, 0.05) is 27.7 Å². The molecular weight excluding hydrogens is 448 g/mol. The van der Waals surface area contributed by atoms with Crippen molar-refractivity contribution >= 4 is 52.6 Å². The Hall–Kier alpha value is -2.41. The fourth-order valence-electron chi connectivity index (χ4n) is 3.39. The number of halogens is 1. The molecule has 1 N–H and O–H groups in total. The number of thioether (sulfide) groups is 2. The number of benzene rings is 3. The van der Waals surface area contributed by atoms with E-state index in [9.17, 15) is 9.59 Å². The predicted molar refractivity (Wildman–Crippen MR) is 130 cm³/mol. The normalized spacial score (nSPS) is 15.9. The average molecular weight is 469 g/mol. The summed E-state index contributed by atoms with van der Waals surface area (Å²) >= 11 is 9.20. The molecule has 0 aromatic heterocycles. The highest BCUT2D eigenvalue weighted by atomic mass is 35.5. The van der Waals surface area contributed by atoms with Crippen molar-refractivity contribution < 1.29 is 9.59 Å². The lowest BCUT2D eigenvalue weighted by Gasteiger charge is -2.24. The van der Waals surface area contributed by atoms with E-state index in [4.69, 9.17) is 11.6 Å². The third-order valence-electron chi connectivity index (χ3n) is 5.02. The van der Waals surface area contributed by atoms with Gasteiger partial charge in [0.1, 0.15) is 5.37 Å². The lowest BCUT2D eigenvalue weighted by molar-refractivity contribution is -0.128. The van der Waals surface area contributed by atoms with Crippen molar-refractivity contribution in [3.05, 3.63) is 94.5 Å². The Morgan fingerprint density at radius 1 is 1.13 bits per heavy atom. The number of hydrogen-bond donors (Lipinski definition) is 1. The molecule has 158 valence electrons. The molecule has 1 saturated heterocycles. The standard InChI is InChI=1S/C24H21ClN2O2S2/c1-30-21-4-2-3-20(13-21)26-23(29)17-7-9-18(10-8-17)24-27(22(28)15-31-24)14-16-5-11-19(25)12-6-16/h2-13,24H,14-15H2,1H3,(H,26,29)/t24-/m0/s1. The Labute approximate surface area is 195 Å². The maximum absolute atomic E-state index is 12.6. The van der Waals surface area contributed by atoms with Gasteiger partial charge in [-0.25, -0.2) is 0 Å². The lowest BCUT2D eigenvalue weighted by atomic mass is 10.1. The maximum Gasteiger partial charge on any atom is 0.255 e. The molecule has 0 bridgehead atoms. The second-order valence-electron chi connectivity index (χ2n) is 7.12. The minimum Gasteiger partial charge on any atom is -0.322 e. The summed E-state index contributed by atoms with van der Waals surface area (Å²) in [4.78, 5) is 28.1. The van der Waals surface area contributed by atoms with Gasteiger partial charge in [0.25, 0.3) is 5.91 Å². The summed E-state index contributed by atoms with van der Waals surface area (Å²) < 4.78 is 0. The first kappa shape index (κ1) is 21.8. The summed E-state index contributed by atoms with van der Waals surface area (Å²) in [5.41, 5.74) is 3.39. The first-order chi connectivity index (χ1) is 15.0. The fraction of sp³-hybridized carbons (Fsp3) is 0.167. The van der Waals surface area contributed by atoms with Crippen molar-refractivity contribution in [1.82, 2.24) is 4.90 Å². The number of amides is 2. The summed E-state index contributed by atoms with van der Waals surface area (Å²) in [5, 5.41) is 3.55. The van der Waals surface area contributed by atoms with E-state index in [1.165, 1.54) is 0 Å². The van der Waals surface area contributed by atoms with E-state index in [0.29, 0.717) is 22.9 Å². The summed E-state index contributed by atoms with van der Waals surface area (Å²) in [5.74, 6) is 0.408. The summed E-state index contributed by atoms with van der Waals surface area (Å²) in [6, 6.07) is 22.8. The van der Waals surface area contributed by atoms with Crippen LogP contribution in [0, 0.1) is 0 Å². The lowest BCUT2D eigenvalue weighted by Crippen LogP contribution is -2.27. The quantitative estimate of drug-likeness (QED) is 0.445. The third kappa shape index (κ3) is 5.26. The number of nitrogens with zero attached hydrogens (tertiary/aromatic N) is 1. The summed E-state index contributed by atoms with van der Waals surface area (Å²) in [6.07, 6.45) is 2.00. The Kier molecular flexibility index (Phi) is 6.90. The van der Waals surface area contributed by atoms with Crippen LogP contribution in [0.4, 0.5) is 5.69 Å². The zero-order chi connectivity index (χ0) is 21.8. The zero-order valence-corrected chi connectivity index (χ0v) is 19.3. The van der Waals surface area contributed by atoms with Crippen LogP contribution in [-0.2, 0) is 11.3 Å². The molecule has 2 amide bonds. The van der Waals surface area contributed by atoms with Gasteiger partial charge in [-0.3, -0.25) is 9.59 Å². The van der Waals surface area contributed by atoms with Gasteiger partial charge in [0.2, 0.25) is 5.91 Å². The largest absolute Gasteiger partial charge is 0.322 e. The van der Waals surface area contributed by atoms with Gasteiger partial charge in [0.05, 0.1) is 5.75 Å². The van der Waals surface area contributed by atoms with E-state index in [1.54, 1.807) is 23.5 Å². The van der Waals surface area contributed by atoms with Gasteiger partial charge in [-0.15, -0.1) is 23.5 Å². The van der Waals surface area contributed by atoms with E-state index in [2.05, 4.69) is 5.32 Å². The molecule has 0 radical (unpaired) electrons. The van der Waals surface area contributed by atoms with E-state index in [0.717, 1.165) is 21.7 Å². The van der Waals surface area contributed by atoms with E-state index in [1.807, 2.05) is 84.0 Å². The molecule has 7 heteroatoms. The molecular formula is C24H21ClN2O2S2. The highest BCUT2D eigenvalue weighted by molar-refractivity contribution is 8.00. The topological polar surface area (TPSA) is 49.4 Å². The minimum absolute atomic E-state index is 0.0708. The molecule has 1 heterocycles. The number of anilines is 1. The van der Waals surface area contributed by atoms with Crippen LogP contribution in [0.15, 0.2) is 77.7 Å². The number of nitrogens with one attached hydrogen (secondary N) is 1. The van der Waals surface area contributed by atoms with Crippen LogP contribution in [0.1, 0.15) is 26.9 Å². The van der Waals surface area contributed by atoms with Crippen LogP contribution in [0.2, 0.25) is 5.02 Å². The Morgan fingerprint density at radius 2 is 1.87 bits per heavy atom. The molecule has 1 aliphatic heterocycles. The number of rotatable bonds is 6. The van der Waals surface area contributed by atoms with Crippen LogP contribution in [0.5, 0.6) is 0 Å². The van der Waals surface area contributed by atoms with Crippen molar-refractivity contribution in [1.29, 1.82) is 0 Å². The molecule has 0 saturated carbocycles. The van der Waals surface area contributed by atoms with Crippen molar-refractivity contribution in [3.8, 4) is 0 Å². The Bertz CT molecular complexity index is 1090. The van der Waals surface area contributed by atoms with Gasteiger partial charge in [-0.1, -0.05) is 41.9 Å². The van der Waals surface area contributed by atoms with Crippen molar-refractivity contribution in [2.45, 2.75) is 16.8 Å². The number of hydrogen-bond acceptors (Lipinski definition) is 4. The Morgan fingerprint density at radius 3 is 2.58 bits per heavy atom. The monoisotopic (exact) mass is 468 g/mol. The summed E-state index contributed by atoms with van der Waals surface area (Å²) in [7, 11) is 0. The molecule has 3 aromatic carbocycles. The minimum atomic E-state index is -0.155. The molecule has 3 aromatic rings. The first-order valence-electron chi connectivity index (χ1n) is 9.74. The summed E-state index contributed by atoms with van der Waals surface area (Å²) in [6.45, 7) is 0.529. The average Bonchev–Trinajstić information content (AvgIpc) is 3.15. The zero-order valence-electron chi connectivity index (χ0n) is 16.9. The van der Waals surface area contributed by atoms with E-state index < -0.39 is 0 Å². The molecule has 0 unspecified atom stereocenters. The Balaban J connectivity index is 1.46. The second kappa shape index (κ2) is 9.81. The number of carbonyl (C=O) groups is 2. The van der Waals surface area contributed by atoms with Crippen molar-refractivity contribution in [2.75, 3.05) is 17.3 Å². The molecule has 1 aliphatic rings. The molecule has 1 atom stereocenters. The molecule has 0 aliphatic carbocycles. The highest BCUT2D eigenvalue weighted by Gasteiger charge is 2.32. The van der Waals surface area contributed by atoms with E-state index in [-0.39, 0.29) is 17.2 Å². The SMILES string of the molecule is CSc1cccc(NC(=O)c2ccc([C@@H]3SCC(=O)N3Cc3ccc(Cl)cc3)cc2)c1. The maximum atomic E-state index is 12.6. The predicted octanol–water partition coefficient (Wildman–Crippen LogP) is 6.09. The molecule has 4 nitrogen and oxygen atoms in total.